The van der Waals surface area contributed by atoms with Gasteiger partial charge in [-0.1, -0.05) is 12.5 Å². The molecule has 5 nitrogen and oxygen atoms in total. The summed E-state index contributed by atoms with van der Waals surface area (Å²) in [7, 11) is -3.85. The third kappa shape index (κ3) is 4.25. The molecule has 1 aromatic rings. The van der Waals surface area contributed by atoms with E-state index < -0.39 is 15.8 Å². The van der Waals surface area contributed by atoms with E-state index in [0.29, 0.717) is 12.1 Å². The smallest absolute Gasteiger partial charge is 0.243 e. The Bertz CT molecular complexity index is 607. The Kier molecular flexibility index (Phi) is 5.91. The van der Waals surface area contributed by atoms with Gasteiger partial charge in [0.15, 0.2) is 0 Å². The van der Waals surface area contributed by atoms with Crippen LogP contribution >= 0.6 is 0 Å². The molecular weight excluding hydrogens is 307 g/mol. The van der Waals surface area contributed by atoms with E-state index in [1.54, 1.807) is 13.0 Å². The molecule has 1 atom stereocenters. The number of hydrogen-bond donors (Lipinski definition) is 2. The van der Waals surface area contributed by atoms with Crippen molar-refractivity contribution in [1.29, 1.82) is 0 Å². The van der Waals surface area contributed by atoms with Crippen molar-refractivity contribution in [2.45, 2.75) is 37.1 Å². The molecule has 1 saturated heterocycles. The summed E-state index contributed by atoms with van der Waals surface area (Å²) >= 11 is 0. The lowest BCUT2D eigenvalue weighted by molar-refractivity contribution is 0.0923. The Morgan fingerprint density at radius 3 is 2.86 bits per heavy atom. The lowest BCUT2D eigenvalue weighted by Gasteiger charge is -2.34. The molecule has 0 saturated carbocycles. The molecule has 0 aromatic heterocycles. The molecule has 0 aliphatic carbocycles. The zero-order valence-electron chi connectivity index (χ0n) is 12.8. The first kappa shape index (κ1) is 17.3. The van der Waals surface area contributed by atoms with Gasteiger partial charge in [-0.25, -0.2) is 17.5 Å². The van der Waals surface area contributed by atoms with E-state index in [1.165, 1.54) is 12.1 Å². The third-order valence-electron chi connectivity index (χ3n) is 4.03. The average Bonchev–Trinajstić information content (AvgIpc) is 2.47. The number of piperidine rings is 1. The highest BCUT2D eigenvalue weighted by Crippen LogP contribution is 2.17. The Balaban J connectivity index is 1.95. The molecule has 0 radical (unpaired) electrons. The number of nitrogens with zero attached hydrogens (tertiary/aromatic N) is 1. The Morgan fingerprint density at radius 2 is 2.18 bits per heavy atom. The van der Waals surface area contributed by atoms with Crippen LogP contribution in [-0.4, -0.2) is 50.7 Å². The number of likely N-dealkylation sites (tertiary alicyclic amines) is 1. The van der Waals surface area contributed by atoms with Gasteiger partial charge < -0.3 is 5.11 Å². The van der Waals surface area contributed by atoms with Crippen molar-refractivity contribution < 1.29 is 17.9 Å². The lowest BCUT2D eigenvalue weighted by Crippen LogP contribution is -2.45. The summed E-state index contributed by atoms with van der Waals surface area (Å²) in [5.41, 5.74) is 0.676. The van der Waals surface area contributed by atoms with Crippen molar-refractivity contribution in [3.63, 3.8) is 0 Å². The summed E-state index contributed by atoms with van der Waals surface area (Å²) in [5, 5.41) is 9.33. The second-order valence-electron chi connectivity index (χ2n) is 5.70. The summed E-state index contributed by atoms with van der Waals surface area (Å²) in [6.45, 7) is 3.35. The van der Waals surface area contributed by atoms with Crippen molar-refractivity contribution in [2.75, 3.05) is 26.2 Å². The molecule has 1 heterocycles. The van der Waals surface area contributed by atoms with E-state index in [-0.39, 0.29) is 24.1 Å². The van der Waals surface area contributed by atoms with E-state index in [0.717, 1.165) is 25.8 Å². The molecule has 1 fully saturated rings. The average molecular weight is 330 g/mol. The highest BCUT2D eigenvalue weighted by atomic mass is 32.2. The number of benzene rings is 1. The predicted molar refractivity (Wildman–Crippen MR) is 82.6 cm³/mol. The van der Waals surface area contributed by atoms with Gasteiger partial charge in [-0.2, -0.15) is 0 Å². The maximum absolute atomic E-state index is 13.8. The van der Waals surface area contributed by atoms with Crippen LogP contribution in [0.3, 0.4) is 0 Å². The van der Waals surface area contributed by atoms with Gasteiger partial charge in [-0.15, -0.1) is 0 Å². The summed E-state index contributed by atoms with van der Waals surface area (Å²) in [6, 6.07) is 4.16. The quantitative estimate of drug-likeness (QED) is 0.824. The zero-order chi connectivity index (χ0) is 16.2. The molecule has 0 bridgehead atoms. The van der Waals surface area contributed by atoms with Gasteiger partial charge in [0.05, 0.1) is 6.61 Å². The third-order valence-corrected chi connectivity index (χ3v) is 5.52. The molecule has 7 heteroatoms. The molecule has 0 spiro atoms. The highest BCUT2D eigenvalue weighted by Gasteiger charge is 2.23. The molecule has 1 aromatic carbocycles. The Hall–Kier alpha value is -1.02. The van der Waals surface area contributed by atoms with E-state index in [2.05, 4.69) is 9.62 Å². The van der Waals surface area contributed by atoms with Crippen LogP contribution in [-0.2, 0) is 10.0 Å². The molecule has 1 aliphatic rings. The first-order chi connectivity index (χ1) is 10.4. The van der Waals surface area contributed by atoms with Gasteiger partial charge in [-0.05, 0) is 44.0 Å². The molecule has 1 aliphatic heterocycles. The highest BCUT2D eigenvalue weighted by molar-refractivity contribution is 7.89. The molecule has 124 valence electrons. The molecule has 22 heavy (non-hydrogen) atoms. The van der Waals surface area contributed by atoms with Crippen LogP contribution in [0.25, 0.3) is 0 Å². The van der Waals surface area contributed by atoms with Gasteiger partial charge in [0, 0.05) is 19.1 Å². The van der Waals surface area contributed by atoms with Crippen molar-refractivity contribution in [1.82, 2.24) is 9.62 Å². The maximum Gasteiger partial charge on any atom is 0.243 e. The largest absolute Gasteiger partial charge is 0.395 e. The number of aliphatic hydroxyl groups excluding tert-OH is 1. The van der Waals surface area contributed by atoms with Crippen molar-refractivity contribution in [3.05, 3.63) is 29.6 Å². The Labute approximate surface area is 131 Å². The number of sulfonamides is 1. The minimum Gasteiger partial charge on any atom is -0.395 e. The Morgan fingerprint density at radius 1 is 1.41 bits per heavy atom. The summed E-state index contributed by atoms with van der Waals surface area (Å²) in [5.74, 6) is -0.737. The number of halogens is 1. The fraction of sp³-hybridized carbons (Fsp3) is 0.600. The zero-order valence-corrected chi connectivity index (χ0v) is 13.6. The van der Waals surface area contributed by atoms with Crippen LogP contribution in [0.5, 0.6) is 0 Å². The van der Waals surface area contributed by atoms with E-state index in [9.17, 15) is 17.9 Å². The normalized spacial score (nSPS) is 20.2. The van der Waals surface area contributed by atoms with Crippen LogP contribution in [0.15, 0.2) is 23.1 Å². The standard InChI is InChI=1S/C15H23FN2O3S/c1-12-5-6-15(14(16)10-12)22(20,21)17-7-9-18-8-3-2-4-13(18)11-19/h5-6,10,13,17,19H,2-4,7-9,11H2,1H3/t13-/m1/s1. The van der Waals surface area contributed by atoms with Crippen LogP contribution in [0.2, 0.25) is 0 Å². The second kappa shape index (κ2) is 7.50. The molecule has 2 N–H and O–H groups in total. The summed E-state index contributed by atoms with van der Waals surface area (Å²) < 4.78 is 40.5. The van der Waals surface area contributed by atoms with E-state index >= 15 is 0 Å². The first-order valence-electron chi connectivity index (χ1n) is 7.55. The lowest BCUT2D eigenvalue weighted by atomic mass is 10.0. The van der Waals surface area contributed by atoms with Crippen LogP contribution in [0.1, 0.15) is 24.8 Å². The van der Waals surface area contributed by atoms with Gasteiger partial charge >= 0.3 is 0 Å². The predicted octanol–water partition coefficient (Wildman–Crippen LogP) is 1.26. The number of aryl methyl sites for hydroxylation is 1. The minimum absolute atomic E-state index is 0.0827. The van der Waals surface area contributed by atoms with Gasteiger partial charge in [0.1, 0.15) is 10.7 Å². The molecule has 0 unspecified atom stereocenters. The SMILES string of the molecule is Cc1ccc(S(=O)(=O)NCCN2CCCC[C@@H]2CO)c(F)c1. The van der Waals surface area contributed by atoms with Crippen molar-refractivity contribution in [3.8, 4) is 0 Å². The van der Waals surface area contributed by atoms with Crippen LogP contribution < -0.4 is 4.72 Å². The fourth-order valence-corrected chi connectivity index (χ4v) is 3.86. The van der Waals surface area contributed by atoms with Crippen molar-refractivity contribution >= 4 is 10.0 Å². The second-order valence-corrected chi connectivity index (χ2v) is 7.44. The molecular formula is C15H23FN2O3S. The molecule has 0 amide bonds. The van der Waals surface area contributed by atoms with Crippen LogP contribution in [0.4, 0.5) is 4.39 Å². The minimum atomic E-state index is -3.85. The van der Waals surface area contributed by atoms with Gasteiger partial charge in [0.25, 0.3) is 0 Å². The monoisotopic (exact) mass is 330 g/mol. The van der Waals surface area contributed by atoms with E-state index in [4.69, 9.17) is 0 Å². The number of hydrogen-bond acceptors (Lipinski definition) is 4. The fourth-order valence-electron chi connectivity index (χ4n) is 2.79. The van der Waals surface area contributed by atoms with E-state index in [1.807, 2.05) is 0 Å². The van der Waals surface area contributed by atoms with Crippen LogP contribution in [0, 0.1) is 12.7 Å². The maximum atomic E-state index is 13.8. The first-order valence-corrected chi connectivity index (χ1v) is 9.03. The van der Waals surface area contributed by atoms with Crippen molar-refractivity contribution in [2.24, 2.45) is 0 Å². The number of aliphatic hydroxyl groups is 1. The van der Waals surface area contributed by atoms with Gasteiger partial charge in [0.2, 0.25) is 10.0 Å². The number of rotatable bonds is 6. The molecule has 2 rings (SSSR count). The summed E-state index contributed by atoms with van der Waals surface area (Å²) in [4.78, 5) is 1.76. The number of nitrogens with one attached hydrogen (secondary N) is 1. The summed E-state index contributed by atoms with van der Waals surface area (Å²) in [6.07, 6.45) is 3.06. The van der Waals surface area contributed by atoms with Gasteiger partial charge in [-0.3, -0.25) is 4.90 Å². The topological polar surface area (TPSA) is 69.6 Å².